The van der Waals surface area contributed by atoms with E-state index in [9.17, 15) is 8.42 Å². The van der Waals surface area contributed by atoms with E-state index in [0.29, 0.717) is 19.1 Å². The molecule has 1 fully saturated rings. The molecule has 19 heavy (non-hydrogen) atoms. The minimum atomic E-state index is -2.90. The van der Waals surface area contributed by atoms with Crippen LogP contribution in [0, 0.1) is 0 Å². The highest BCUT2D eigenvalue weighted by Crippen LogP contribution is 2.31. The molecule has 0 bridgehead atoms. The second-order valence-corrected chi connectivity index (χ2v) is 7.50. The molecule has 0 aliphatic heterocycles. The van der Waals surface area contributed by atoms with Crippen molar-refractivity contribution in [2.24, 2.45) is 5.73 Å². The molecule has 0 atom stereocenters. The maximum Gasteiger partial charge on any atom is 0.151 e. The van der Waals surface area contributed by atoms with Gasteiger partial charge in [-0.05, 0) is 30.5 Å². The molecule has 0 saturated heterocycles. The molecule has 2 rings (SSSR count). The highest BCUT2D eigenvalue weighted by Gasteiger charge is 2.29. The molecule has 1 aliphatic carbocycles. The number of hydrogen-bond acceptors (Lipinski definition) is 4. The second kappa shape index (κ2) is 5.92. The van der Waals surface area contributed by atoms with Crippen LogP contribution in [-0.2, 0) is 16.4 Å². The molecule has 1 saturated carbocycles. The van der Waals surface area contributed by atoms with Crippen LogP contribution < -0.4 is 10.6 Å². The Labute approximate surface area is 115 Å². The zero-order valence-electron chi connectivity index (χ0n) is 11.4. The molecule has 5 heteroatoms. The summed E-state index contributed by atoms with van der Waals surface area (Å²) in [5.74, 6) is 0.455. The number of sulfone groups is 1. The summed E-state index contributed by atoms with van der Waals surface area (Å²) in [4.78, 5) is 2.22. The standard InChI is InChI=1S/C14H22N2O2S/c1-2-19(17,18)10-9-16(14-7-8-14)13-5-3-12(11-15)4-6-13/h3-6,14H,2,7-11,15H2,1H3. The van der Waals surface area contributed by atoms with E-state index in [2.05, 4.69) is 4.90 Å². The first-order chi connectivity index (χ1) is 9.05. The van der Waals surface area contributed by atoms with Crippen molar-refractivity contribution in [3.8, 4) is 0 Å². The van der Waals surface area contributed by atoms with Gasteiger partial charge in [-0.2, -0.15) is 0 Å². The molecule has 4 nitrogen and oxygen atoms in total. The van der Waals surface area contributed by atoms with Gasteiger partial charge < -0.3 is 10.6 Å². The molecule has 0 radical (unpaired) electrons. The number of nitrogens with two attached hydrogens (primary N) is 1. The van der Waals surface area contributed by atoms with Gasteiger partial charge in [0.25, 0.3) is 0 Å². The van der Waals surface area contributed by atoms with Crippen LogP contribution in [0.4, 0.5) is 5.69 Å². The van der Waals surface area contributed by atoms with Gasteiger partial charge in [0.2, 0.25) is 0 Å². The van der Waals surface area contributed by atoms with Gasteiger partial charge in [0.15, 0.2) is 9.84 Å². The minimum Gasteiger partial charge on any atom is -0.368 e. The van der Waals surface area contributed by atoms with E-state index in [-0.39, 0.29) is 11.5 Å². The van der Waals surface area contributed by atoms with Crippen LogP contribution in [-0.4, -0.2) is 32.5 Å². The Hall–Kier alpha value is -1.07. The van der Waals surface area contributed by atoms with Gasteiger partial charge in [-0.1, -0.05) is 19.1 Å². The lowest BCUT2D eigenvalue weighted by Gasteiger charge is -2.24. The van der Waals surface area contributed by atoms with Crippen molar-refractivity contribution < 1.29 is 8.42 Å². The lowest BCUT2D eigenvalue weighted by Crippen LogP contribution is -2.31. The van der Waals surface area contributed by atoms with Crippen molar-refractivity contribution in [3.05, 3.63) is 29.8 Å². The maximum absolute atomic E-state index is 11.6. The number of benzene rings is 1. The Morgan fingerprint density at radius 3 is 2.37 bits per heavy atom. The maximum atomic E-state index is 11.6. The second-order valence-electron chi connectivity index (χ2n) is 5.03. The molecule has 0 spiro atoms. The zero-order valence-corrected chi connectivity index (χ0v) is 12.2. The number of hydrogen-bond donors (Lipinski definition) is 1. The summed E-state index contributed by atoms with van der Waals surface area (Å²) in [7, 11) is -2.90. The van der Waals surface area contributed by atoms with E-state index >= 15 is 0 Å². The average Bonchev–Trinajstić information content (AvgIpc) is 3.24. The first-order valence-electron chi connectivity index (χ1n) is 6.82. The van der Waals surface area contributed by atoms with Crippen LogP contribution in [0.2, 0.25) is 0 Å². The van der Waals surface area contributed by atoms with E-state index in [0.717, 1.165) is 24.1 Å². The fourth-order valence-corrected chi connectivity index (χ4v) is 2.88. The van der Waals surface area contributed by atoms with E-state index in [1.54, 1.807) is 6.92 Å². The van der Waals surface area contributed by atoms with E-state index in [1.165, 1.54) is 0 Å². The molecule has 0 heterocycles. The van der Waals surface area contributed by atoms with Gasteiger partial charge >= 0.3 is 0 Å². The van der Waals surface area contributed by atoms with Crippen molar-refractivity contribution in [1.29, 1.82) is 0 Å². The Bertz CT molecular complexity index is 507. The summed E-state index contributed by atoms with van der Waals surface area (Å²) in [5.41, 5.74) is 7.79. The molecule has 0 unspecified atom stereocenters. The van der Waals surface area contributed by atoms with Crippen molar-refractivity contribution in [3.63, 3.8) is 0 Å². The first kappa shape index (κ1) is 14.3. The molecule has 106 valence electrons. The average molecular weight is 282 g/mol. The van der Waals surface area contributed by atoms with Crippen LogP contribution in [0.15, 0.2) is 24.3 Å². The summed E-state index contributed by atoms with van der Waals surface area (Å²) in [6, 6.07) is 8.62. The Balaban J connectivity index is 2.07. The lowest BCUT2D eigenvalue weighted by atomic mass is 10.2. The normalized spacial score (nSPS) is 15.5. The number of nitrogens with zero attached hydrogens (tertiary/aromatic N) is 1. The molecule has 1 aromatic rings. The Kier molecular flexibility index (Phi) is 4.47. The molecule has 1 aliphatic rings. The molecule has 1 aromatic carbocycles. The lowest BCUT2D eigenvalue weighted by molar-refractivity contribution is 0.595. The summed E-state index contributed by atoms with van der Waals surface area (Å²) in [5, 5.41) is 0. The van der Waals surface area contributed by atoms with E-state index in [4.69, 9.17) is 5.73 Å². The minimum absolute atomic E-state index is 0.220. The fraction of sp³-hybridized carbons (Fsp3) is 0.571. The Morgan fingerprint density at radius 1 is 1.26 bits per heavy atom. The first-order valence-corrected chi connectivity index (χ1v) is 8.64. The summed E-state index contributed by atoms with van der Waals surface area (Å²) >= 11 is 0. The number of anilines is 1. The quantitative estimate of drug-likeness (QED) is 0.824. The van der Waals surface area contributed by atoms with Crippen LogP contribution in [0.3, 0.4) is 0 Å². The predicted octanol–water partition coefficient (Wildman–Crippen LogP) is 1.55. The van der Waals surface area contributed by atoms with Crippen LogP contribution >= 0.6 is 0 Å². The predicted molar refractivity (Wildman–Crippen MR) is 79.0 cm³/mol. The van der Waals surface area contributed by atoms with Crippen LogP contribution in [0.1, 0.15) is 25.3 Å². The van der Waals surface area contributed by atoms with Crippen molar-refractivity contribution in [2.75, 3.05) is 23.0 Å². The summed E-state index contributed by atoms with van der Waals surface area (Å²) in [6.07, 6.45) is 2.32. The molecular weight excluding hydrogens is 260 g/mol. The van der Waals surface area contributed by atoms with Gasteiger partial charge in [0.1, 0.15) is 0 Å². The highest BCUT2D eigenvalue weighted by molar-refractivity contribution is 7.91. The van der Waals surface area contributed by atoms with Gasteiger partial charge in [0.05, 0.1) is 5.75 Å². The third-order valence-corrected chi connectivity index (χ3v) is 5.26. The largest absolute Gasteiger partial charge is 0.368 e. The summed E-state index contributed by atoms with van der Waals surface area (Å²) in [6.45, 7) is 2.82. The monoisotopic (exact) mass is 282 g/mol. The van der Waals surface area contributed by atoms with Gasteiger partial charge in [0, 0.05) is 30.6 Å². The number of rotatable bonds is 7. The van der Waals surface area contributed by atoms with Crippen LogP contribution in [0.5, 0.6) is 0 Å². The van der Waals surface area contributed by atoms with Gasteiger partial charge in [-0.3, -0.25) is 0 Å². The summed E-state index contributed by atoms with van der Waals surface area (Å²) < 4.78 is 23.3. The molecule has 2 N–H and O–H groups in total. The van der Waals surface area contributed by atoms with Crippen LogP contribution in [0.25, 0.3) is 0 Å². The Morgan fingerprint density at radius 2 is 1.89 bits per heavy atom. The smallest absolute Gasteiger partial charge is 0.151 e. The third-order valence-electron chi connectivity index (χ3n) is 3.57. The topological polar surface area (TPSA) is 63.4 Å². The van der Waals surface area contributed by atoms with Gasteiger partial charge in [-0.15, -0.1) is 0 Å². The van der Waals surface area contributed by atoms with E-state index < -0.39 is 9.84 Å². The molecule has 0 amide bonds. The van der Waals surface area contributed by atoms with Crippen molar-refractivity contribution >= 4 is 15.5 Å². The third kappa shape index (κ3) is 3.94. The fourth-order valence-electron chi connectivity index (χ4n) is 2.11. The van der Waals surface area contributed by atoms with Crippen molar-refractivity contribution in [1.82, 2.24) is 0 Å². The zero-order chi connectivity index (χ0) is 13.9. The highest BCUT2D eigenvalue weighted by atomic mass is 32.2. The SMILES string of the molecule is CCS(=O)(=O)CCN(c1ccc(CN)cc1)C1CC1. The van der Waals surface area contributed by atoms with Gasteiger partial charge in [-0.25, -0.2) is 8.42 Å². The molecular formula is C14H22N2O2S. The van der Waals surface area contributed by atoms with E-state index in [1.807, 2.05) is 24.3 Å². The molecule has 0 aromatic heterocycles. The van der Waals surface area contributed by atoms with Crippen molar-refractivity contribution in [2.45, 2.75) is 32.4 Å².